The molecule has 1 aromatic rings. The van der Waals surface area contributed by atoms with Crippen molar-refractivity contribution in [2.24, 2.45) is 0 Å². The van der Waals surface area contributed by atoms with E-state index < -0.39 is 0 Å². The summed E-state index contributed by atoms with van der Waals surface area (Å²) in [5, 5.41) is 16.2. The van der Waals surface area contributed by atoms with E-state index in [4.69, 9.17) is 0 Å². The number of benzene rings is 1. The summed E-state index contributed by atoms with van der Waals surface area (Å²) >= 11 is 1.62. The topological polar surface area (TPSA) is 47.8 Å². The fourth-order valence-corrected chi connectivity index (χ4v) is 2.87. The smallest absolute Gasteiger partial charge is 0.102 e. The molecule has 0 bridgehead atoms. The van der Waals surface area contributed by atoms with Gasteiger partial charge in [-0.25, -0.2) is 0 Å². The van der Waals surface area contributed by atoms with E-state index in [9.17, 15) is 5.26 Å². The lowest BCUT2D eigenvalue weighted by molar-refractivity contribution is 0.414. The number of piperidine rings is 1. The van der Waals surface area contributed by atoms with Crippen LogP contribution in [0, 0.1) is 11.3 Å². The van der Waals surface area contributed by atoms with Gasteiger partial charge >= 0.3 is 0 Å². The van der Waals surface area contributed by atoms with Crippen molar-refractivity contribution in [1.29, 1.82) is 5.26 Å². The quantitative estimate of drug-likeness (QED) is 0.818. The molecular formula is C14H19N3S. The van der Waals surface area contributed by atoms with Gasteiger partial charge in [-0.05, 0) is 37.8 Å². The Kier molecular flexibility index (Phi) is 4.91. The molecule has 0 radical (unpaired) electrons. The lowest BCUT2D eigenvalue weighted by Crippen LogP contribution is -2.39. The third kappa shape index (κ3) is 3.18. The van der Waals surface area contributed by atoms with Gasteiger partial charge in [0.2, 0.25) is 0 Å². The number of hydrogen-bond acceptors (Lipinski definition) is 4. The lowest BCUT2D eigenvalue weighted by Gasteiger charge is -2.24. The zero-order chi connectivity index (χ0) is 12.8. The van der Waals surface area contributed by atoms with Gasteiger partial charge in [0.05, 0.1) is 11.3 Å². The summed E-state index contributed by atoms with van der Waals surface area (Å²) in [6.07, 6.45) is 5.80. The minimum absolute atomic E-state index is 0.531. The zero-order valence-corrected chi connectivity index (χ0v) is 11.5. The van der Waals surface area contributed by atoms with Crippen molar-refractivity contribution in [3.63, 3.8) is 0 Å². The molecule has 0 saturated carbocycles. The molecule has 1 heterocycles. The standard InChI is InChI=1S/C14H19N3S/c1-18-14-7-4-6-13(12(14)9-15)17-10-11-5-2-3-8-16-11/h4,6-7,11,16-17H,2-3,5,8,10H2,1H3. The molecular weight excluding hydrogens is 242 g/mol. The first-order valence-corrected chi connectivity index (χ1v) is 7.62. The van der Waals surface area contributed by atoms with Crippen molar-refractivity contribution >= 4 is 17.4 Å². The summed E-state index contributed by atoms with van der Waals surface area (Å²) in [5.74, 6) is 0. The van der Waals surface area contributed by atoms with Gasteiger partial charge < -0.3 is 10.6 Å². The van der Waals surface area contributed by atoms with Crippen LogP contribution in [-0.4, -0.2) is 25.4 Å². The molecule has 1 fully saturated rings. The predicted molar refractivity (Wildman–Crippen MR) is 77.1 cm³/mol. The summed E-state index contributed by atoms with van der Waals surface area (Å²) in [6.45, 7) is 2.01. The molecule has 0 aromatic heterocycles. The predicted octanol–water partition coefficient (Wildman–Crippen LogP) is 2.83. The van der Waals surface area contributed by atoms with E-state index in [2.05, 4.69) is 16.7 Å². The largest absolute Gasteiger partial charge is 0.382 e. The highest BCUT2D eigenvalue weighted by molar-refractivity contribution is 7.98. The number of thioether (sulfide) groups is 1. The van der Waals surface area contributed by atoms with Crippen molar-refractivity contribution in [1.82, 2.24) is 5.32 Å². The van der Waals surface area contributed by atoms with Gasteiger partial charge in [-0.2, -0.15) is 5.26 Å². The fraction of sp³-hybridized carbons (Fsp3) is 0.500. The molecule has 2 N–H and O–H groups in total. The lowest BCUT2D eigenvalue weighted by atomic mass is 10.0. The summed E-state index contributed by atoms with van der Waals surface area (Å²) in [7, 11) is 0. The molecule has 1 aliphatic heterocycles. The van der Waals surface area contributed by atoms with Crippen LogP contribution in [0.15, 0.2) is 23.1 Å². The molecule has 1 unspecified atom stereocenters. The van der Waals surface area contributed by atoms with Gasteiger partial charge in [0.1, 0.15) is 6.07 Å². The van der Waals surface area contributed by atoms with Crippen molar-refractivity contribution in [3.05, 3.63) is 23.8 Å². The van der Waals surface area contributed by atoms with Gasteiger partial charge in [0.15, 0.2) is 0 Å². The van der Waals surface area contributed by atoms with Crippen LogP contribution in [0.4, 0.5) is 5.69 Å². The average Bonchev–Trinajstić information content (AvgIpc) is 2.45. The van der Waals surface area contributed by atoms with Crippen molar-refractivity contribution in [2.75, 3.05) is 24.7 Å². The van der Waals surface area contributed by atoms with Gasteiger partial charge in [-0.1, -0.05) is 12.5 Å². The summed E-state index contributed by atoms with van der Waals surface area (Å²) < 4.78 is 0. The average molecular weight is 261 g/mol. The Balaban J connectivity index is 2.02. The Morgan fingerprint density at radius 2 is 2.39 bits per heavy atom. The molecule has 0 aliphatic carbocycles. The van der Waals surface area contributed by atoms with Crippen LogP contribution >= 0.6 is 11.8 Å². The maximum absolute atomic E-state index is 9.25. The minimum Gasteiger partial charge on any atom is -0.382 e. The second kappa shape index (κ2) is 6.67. The van der Waals surface area contributed by atoms with E-state index in [1.165, 1.54) is 19.3 Å². The number of anilines is 1. The first-order valence-electron chi connectivity index (χ1n) is 6.39. The third-order valence-electron chi connectivity index (χ3n) is 3.31. The Morgan fingerprint density at radius 3 is 3.06 bits per heavy atom. The molecule has 0 spiro atoms. The molecule has 1 saturated heterocycles. The van der Waals surface area contributed by atoms with Crippen LogP contribution in [-0.2, 0) is 0 Å². The number of nitrogens with zero attached hydrogens (tertiary/aromatic N) is 1. The Labute approximate surface area is 113 Å². The van der Waals surface area contributed by atoms with Crippen LogP contribution in [0.25, 0.3) is 0 Å². The van der Waals surface area contributed by atoms with Crippen LogP contribution in [0.1, 0.15) is 24.8 Å². The van der Waals surface area contributed by atoms with E-state index >= 15 is 0 Å². The van der Waals surface area contributed by atoms with Gasteiger partial charge in [0, 0.05) is 17.5 Å². The minimum atomic E-state index is 0.531. The van der Waals surface area contributed by atoms with Gasteiger partial charge in [0.25, 0.3) is 0 Å². The van der Waals surface area contributed by atoms with Gasteiger partial charge in [-0.15, -0.1) is 11.8 Å². The summed E-state index contributed by atoms with van der Waals surface area (Å²) in [6, 6.07) is 8.81. The first-order chi connectivity index (χ1) is 8.85. The van der Waals surface area contributed by atoms with Crippen LogP contribution in [0.5, 0.6) is 0 Å². The SMILES string of the molecule is CSc1cccc(NCC2CCCCN2)c1C#N. The Morgan fingerprint density at radius 1 is 1.50 bits per heavy atom. The highest BCUT2D eigenvalue weighted by atomic mass is 32.2. The molecule has 4 heteroatoms. The van der Waals surface area contributed by atoms with Crippen LogP contribution < -0.4 is 10.6 Å². The van der Waals surface area contributed by atoms with Crippen molar-refractivity contribution in [2.45, 2.75) is 30.2 Å². The number of nitrogens with one attached hydrogen (secondary N) is 2. The maximum atomic E-state index is 9.25. The van der Waals surface area contributed by atoms with Crippen LogP contribution in [0.2, 0.25) is 0 Å². The highest BCUT2D eigenvalue weighted by Gasteiger charge is 2.13. The van der Waals surface area contributed by atoms with E-state index in [-0.39, 0.29) is 0 Å². The fourth-order valence-electron chi connectivity index (χ4n) is 2.30. The number of nitriles is 1. The van der Waals surface area contributed by atoms with Crippen LogP contribution in [0.3, 0.4) is 0 Å². The van der Waals surface area contributed by atoms with E-state index in [1.807, 2.05) is 24.5 Å². The normalized spacial score (nSPS) is 19.2. The molecule has 1 aromatic carbocycles. The molecule has 18 heavy (non-hydrogen) atoms. The van der Waals surface area contributed by atoms with E-state index in [1.54, 1.807) is 11.8 Å². The molecule has 96 valence electrons. The molecule has 0 amide bonds. The number of rotatable bonds is 4. The van der Waals surface area contributed by atoms with Gasteiger partial charge in [-0.3, -0.25) is 0 Å². The monoisotopic (exact) mass is 261 g/mol. The van der Waals surface area contributed by atoms with E-state index in [0.717, 1.165) is 29.2 Å². The summed E-state index contributed by atoms with van der Waals surface area (Å²) in [5.41, 5.74) is 1.72. The second-order valence-electron chi connectivity index (χ2n) is 4.52. The van der Waals surface area contributed by atoms with E-state index in [0.29, 0.717) is 6.04 Å². The third-order valence-corrected chi connectivity index (χ3v) is 4.09. The Bertz CT molecular complexity index is 433. The molecule has 3 nitrogen and oxygen atoms in total. The molecule has 2 rings (SSSR count). The maximum Gasteiger partial charge on any atom is 0.102 e. The summed E-state index contributed by atoms with van der Waals surface area (Å²) in [4.78, 5) is 1.04. The van der Waals surface area contributed by atoms with Crippen molar-refractivity contribution < 1.29 is 0 Å². The second-order valence-corrected chi connectivity index (χ2v) is 5.37. The van der Waals surface area contributed by atoms with Crippen molar-refractivity contribution in [3.8, 4) is 6.07 Å². The zero-order valence-electron chi connectivity index (χ0n) is 10.7. The molecule has 1 aliphatic rings. The molecule has 1 atom stereocenters. The number of hydrogen-bond donors (Lipinski definition) is 2. The first kappa shape index (κ1) is 13.3. The highest BCUT2D eigenvalue weighted by Crippen LogP contribution is 2.26. The Hall–Kier alpha value is -1.18.